The lowest BCUT2D eigenvalue weighted by Gasteiger charge is -2.13. The van der Waals surface area contributed by atoms with E-state index in [1.54, 1.807) is 0 Å². The quantitative estimate of drug-likeness (QED) is 0.939. The highest BCUT2D eigenvalue weighted by atomic mass is 19.4. The van der Waals surface area contributed by atoms with Crippen molar-refractivity contribution >= 4 is 5.97 Å². The molecule has 0 fully saturated rings. The van der Waals surface area contributed by atoms with Gasteiger partial charge in [0, 0.05) is 6.07 Å². The molecule has 8 heteroatoms. The number of hydrogen-bond donors (Lipinski definition) is 1. The highest BCUT2D eigenvalue weighted by molar-refractivity contribution is 5.87. The van der Waals surface area contributed by atoms with Gasteiger partial charge in [-0.1, -0.05) is 11.2 Å². The van der Waals surface area contributed by atoms with E-state index in [4.69, 9.17) is 9.84 Å². The molecule has 106 valence electrons. The minimum absolute atomic E-state index is 0.0899. The molecule has 5 nitrogen and oxygen atoms in total. The van der Waals surface area contributed by atoms with Gasteiger partial charge < -0.3 is 14.4 Å². The number of hydrogen-bond acceptors (Lipinski definition) is 4. The Morgan fingerprint density at radius 1 is 1.40 bits per heavy atom. The number of aromatic carboxylic acids is 1. The molecule has 1 N–H and O–H groups in total. The Kier molecular flexibility index (Phi) is 3.39. The van der Waals surface area contributed by atoms with Gasteiger partial charge in [-0.15, -0.1) is 0 Å². The molecule has 1 aromatic heterocycles. The molecule has 0 unspecified atom stereocenters. The van der Waals surface area contributed by atoms with Crippen molar-refractivity contribution in [3.05, 3.63) is 35.5 Å². The number of halogens is 3. The summed E-state index contributed by atoms with van der Waals surface area (Å²) in [6, 6.07) is 4.25. The molecule has 0 amide bonds. The third-order valence-corrected chi connectivity index (χ3v) is 2.53. The van der Waals surface area contributed by atoms with Crippen LogP contribution < -0.4 is 4.74 Å². The van der Waals surface area contributed by atoms with Crippen molar-refractivity contribution in [1.82, 2.24) is 5.16 Å². The van der Waals surface area contributed by atoms with Gasteiger partial charge in [0.1, 0.15) is 5.75 Å². The van der Waals surface area contributed by atoms with Gasteiger partial charge in [0.15, 0.2) is 11.5 Å². The zero-order chi connectivity index (χ0) is 14.9. The van der Waals surface area contributed by atoms with Crippen LogP contribution in [-0.4, -0.2) is 23.3 Å². The first-order valence-corrected chi connectivity index (χ1v) is 5.29. The second-order valence-electron chi connectivity index (χ2n) is 3.76. The molecule has 0 aliphatic rings. The maximum atomic E-state index is 13.0. The highest BCUT2D eigenvalue weighted by Crippen LogP contribution is 2.42. The van der Waals surface area contributed by atoms with Crippen LogP contribution in [0.15, 0.2) is 28.8 Å². The predicted molar refractivity (Wildman–Crippen MR) is 60.5 cm³/mol. The summed E-state index contributed by atoms with van der Waals surface area (Å²) in [4.78, 5) is 10.7. The van der Waals surface area contributed by atoms with Crippen LogP contribution in [0.25, 0.3) is 11.3 Å². The second kappa shape index (κ2) is 4.87. The molecule has 20 heavy (non-hydrogen) atoms. The summed E-state index contributed by atoms with van der Waals surface area (Å²) in [5.41, 5.74) is -1.87. The average Bonchev–Trinajstić information content (AvgIpc) is 2.86. The molecular formula is C12H8F3NO4. The van der Waals surface area contributed by atoms with Crippen LogP contribution in [0.3, 0.4) is 0 Å². The van der Waals surface area contributed by atoms with Gasteiger partial charge in [0.2, 0.25) is 0 Å². The molecular weight excluding hydrogens is 279 g/mol. The average molecular weight is 287 g/mol. The Balaban J connectivity index is 2.66. The molecule has 0 saturated heterocycles. The van der Waals surface area contributed by atoms with Crippen molar-refractivity contribution in [3.63, 3.8) is 0 Å². The van der Waals surface area contributed by atoms with Crippen LogP contribution >= 0.6 is 0 Å². The standard InChI is InChI=1S/C12H8F3NO4/c1-19-8-4-2-3-6(12(13,14)15)10(8)9-5-7(11(17)18)16-20-9/h2-5H,1H3,(H,17,18). The van der Waals surface area contributed by atoms with Crippen LogP contribution in [-0.2, 0) is 6.18 Å². The van der Waals surface area contributed by atoms with Crippen LogP contribution in [0.4, 0.5) is 13.2 Å². The number of aromatic nitrogens is 1. The van der Waals surface area contributed by atoms with Crippen molar-refractivity contribution in [2.75, 3.05) is 7.11 Å². The second-order valence-corrected chi connectivity index (χ2v) is 3.76. The van der Waals surface area contributed by atoms with Crippen molar-refractivity contribution in [2.45, 2.75) is 6.18 Å². The molecule has 2 aromatic rings. The number of ether oxygens (including phenoxy) is 1. The number of methoxy groups -OCH3 is 1. The van der Waals surface area contributed by atoms with Gasteiger partial charge >= 0.3 is 12.1 Å². The SMILES string of the molecule is COc1cccc(C(F)(F)F)c1-c1cc(C(=O)O)no1. The number of alkyl halides is 3. The van der Waals surface area contributed by atoms with Crippen LogP contribution in [0.2, 0.25) is 0 Å². The van der Waals surface area contributed by atoms with E-state index in [2.05, 4.69) is 9.68 Å². The Bertz CT molecular complexity index is 648. The largest absolute Gasteiger partial charge is 0.496 e. The fourth-order valence-corrected chi connectivity index (χ4v) is 1.69. The van der Waals surface area contributed by atoms with Gasteiger partial charge in [0.05, 0.1) is 18.2 Å². The maximum absolute atomic E-state index is 13.0. The van der Waals surface area contributed by atoms with E-state index in [0.717, 1.165) is 12.1 Å². The van der Waals surface area contributed by atoms with Gasteiger partial charge in [-0.3, -0.25) is 0 Å². The van der Waals surface area contributed by atoms with E-state index in [-0.39, 0.29) is 17.1 Å². The van der Waals surface area contributed by atoms with Crippen molar-refractivity contribution < 1.29 is 32.3 Å². The molecule has 1 aromatic carbocycles. The summed E-state index contributed by atoms with van der Waals surface area (Å²) in [5.74, 6) is -1.82. The fourth-order valence-electron chi connectivity index (χ4n) is 1.69. The van der Waals surface area contributed by atoms with Gasteiger partial charge in [-0.25, -0.2) is 4.79 Å². The van der Waals surface area contributed by atoms with Crippen LogP contribution in [0.1, 0.15) is 16.1 Å². The summed E-state index contributed by atoms with van der Waals surface area (Å²) in [6.45, 7) is 0. The fraction of sp³-hybridized carbons (Fsp3) is 0.167. The molecule has 0 atom stereocenters. The lowest BCUT2D eigenvalue weighted by atomic mass is 10.0. The van der Waals surface area contributed by atoms with Gasteiger partial charge in [-0.2, -0.15) is 13.2 Å². The molecule has 1 heterocycles. The third-order valence-electron chi connectivity index (χ3n) is 2.53. The molecule has 0 aliphatic carbocycles. The van der Waals surface area contributed by atoms with E-state index in [1.807, 2.05) is 0 Å². The Labute approximate surface area is 110 Å². The van der Waals surface area contributed by atoms with Gasteiger partial charge in [0.25, 0.3) is 0 Å². The Morgan fingerprint density at radius 2 is 2.10 bits per heavy atom. The summed E-state index contributed by atoms with van der Waals surface area (Å²) >= 11 is 0. The summed E-state index contributed by atoms with van der Waals surface area (Å²) in [6.07, 6.45) is -4.64. The molecule has 0 radical (unpaired) electrons. The van der Waals surface area contributed by atoms with E-state index in [9.17, 15) is 18.0 Å². The first kappa shape index (κ1) is 13.9. The minimum Gasteiger partial charge on any atom is -0.496 e. The number of carboxylic acids is 1. The zero-order valence-electron chi connectivity index (χ0n) is 10.1. The minimum atomic E-state index is -4.64. The maximum Gasteiger partial charge on any atom is 0.417 e. The normalized spacial score (nSPS) is 11.4. The monoisotopic (exact) mass is 287 g/mol. The van der Waals surface area contributed by atoms with Crippen LogP contribution in [0.5, 0.6) is 5.75 Å². The number of rotatable bonds is 3. The Morgan fingerprint density at radius 3 is 2.60 bits per heavy atom. The lowest BCUT2D eigenvalue weighted by Crippen LogP contribution is -2.08. The van der Waals surface area contributed by atoms with Crippen molar-refractivity contribution in [3.8, 4) is 17.1 Å². The van der Waals surface area contributed by atoms with E-state index in [0.29, 0.717) is 0 Å². The summed E-state index contributed by atoms with van der Waals surface area (Å²) < 4.78 is 48.5. The summed E-state index contributed by atoms with van der Waals surface area (Å²) in [7, 11) is 1.20. The predicted octanol–water partition coefficient (Wildman–Crippen LogP) is 3.07. The zero-order valence-corrected chi connectivity index (χ0v) is 10.1. The van der Waals surface area contributed by atoms with Crippen molar-refractivity contribution in [1.29, 1.82) is 0 Å². The molecule has 0 bridgehead atoms. The number of carboxylic acid groups (broad SMARTS) is 1. The van der Waals surface area contributed by atoms with Crippen LogP contribution in [0, 0.1) is 0 Å². The molecule has 0 spiro atoms. The van der Waals surface area contributed by atoms with E-state index >= 15 is 0 Å². The highest BCUT2D eigenvalue weighted by Gasteiger charge is 2.36. The molecule has 0 aliphatic heterocycles. The molecule has 2 rings (SSSR count). The van der Waals surface area contributed by atoms with E-state index in [1.165, 1.54) is 19.2 Å². The third kappa shape index (κ3) is 2.44. The topological polar surface area (TPSA) is 72.6 Å². The van der Waals surface area contributed by atoms with Gasteiger partial charge in [-0.05, 0) is 12.1 Å². The smallest absolute Gasteiger partial charge is 0.417 e. The first-order valence-electron chi connectivity index (χ1n) is 5.29. The Hall–Kier alpha value is -2.51. The number of carbonyl (C=O) groups is 1. The first-order chi connectivity index (χ1) is 9.34. The molecule has 0 saturated carbocycles. The summed E-state index contributed by atoms with van der Waals surface area (Å²) in [5, 5.41) is 11.9. The number of benzene rings is 1. The van der Waals surface area contributed by atoms with E-state index < -0.39 is 23.4 Å². The lowest BCUT2D eigenvalue weighted by molar-refractivity contribution is -0.137. The number of nitrogens with zero attached hydrogens (tertiary/aromatic N) is 1. The van der Waals surface area contributed by atoms with Crippen molar-refractivity contribution in [2.24, 2.45) is 0 Å².